The monoisotopic (exact) mass is 399 g/mol. The Hall–Kier alpha value is -3.53. The number of aromatic amines is 1. The number of nitrogens with one attached hydrogen (secondary N) is 1. The molecule has 0 aliphatic heterocycles. The van der Waals surface area contributed by atoms with Crippen LogP contribution in [0.4, 0.5) is 0 Å². The lowest BCUT2D eigenvalue weighted by atomic mass is 10.1. The Morgan fingerprint density at radius 1 is 1.32 bits per heavy atom. The summed E-state index contributed by atoms with van der Waals surface area (Å²) in [5, 5.41) is 7.72. The van der Waals surface area contributed by atoms with Crippen molar-refractivity contribution in [1.29, 1.82) is 0 Å². The number of carbonyl (C=O) groups excluding carboxylic acids is 1. The van der Waals surface area contributed by atoms with Crippen LogP contribution in [-0.2, 0) is 16.3 Å². The Balaban J connectivity index is 1.88. The molecule has 10 heteroatoms. The number of benzene rings is 1. The lowest BCUT2D eigenvalue weighted by Crippen LogP contribution is -2.14. The molecule has 28 heavy (non-hydrogen) atoms. The van der Waals surface area contributed by atoms with E-state index in [9.17, 15) is 13.2 Å². The van der Waals surface area contributed by atoms with Crippen molar-refractivity contribution < 1.29 is 17.9 Å². The molecule has 0 bridgehead atoms. The van der Waals surface area contributed by atoms with Crippen molar-refractivity contribution in [2.75, 3.05) is 6.26 Å². The first-order valence-electron chi connectivity index (χ1n) is 8.12. The summed E-state index contributed by atoms with van der Waals surface area (Å²) in [6.07, 6.45) is 5.91. The summed E-state index contributed by atoms with van der Waals surface area (Å²) < 4.78 is 28.1. The van der Waals surface area contributed by atoms with Crippen LogP contribution >= 0.6 is 0 Å². The van der Waals surface area contributed by atoms with Gasteiger partial charge in [0.2, 0.25) is 5.88 Å². The Labute approximate surface area is 161 Å². The Morgan fingerprint density at radius 3 is 2.82 bits per heavy atom. The molecule has 9 nitrogen and oxygen atoms in total. The number of nitrogens with zero attached hydrogens (tertiary/aromatic N) is 3. The van der Waals surface area contributed by atoms with Gasteiger partial charge in [0.1, 0.15) is 17.0 Å². The van der Waals surface area contributed by atoms with Gasteiger partial charge in [-0.1, -0.05) is 18.2 Å². The molecule has 0 aliphatic rings. The number of primary amides is 1. The average molecular weight is 399 g/mol. The van der Waals surface area contributed by atoms with Crippen molar-refractivity contribution in [3.8, 4) is 23.1 Å². The zero-order chi connectivity index (χ0) is 20.1. The SMILES string of the molecule is CS(=O)(=O)/C=C/Cc1cccc(Oc2nc(-c3ccn[nH]3)ncc2C(N)=O)c1. The molecule has 0 radical (unpaired) electrons. The van der Waals surface area contributed by atoms with Crippen LogP contribution in [-0.4, -0.2) is 40.7 Å². The highest BCUT2D eigenvalue weighted by Gasteiger charge is 2.16. The van der Waals surface area contributed by atoms with Crippen molar-refractivity contribution in [2.24, 2.45) is 5.73 Å². The van der Waals surface area contributed by atoms with E-state index in [0.717, 1.165) is 17.2 Å². The molecule has 144 valence electrons. The number of nitrogens with two attached hydrogens (primary N) is 1. The lowest BCUT2D eigenvalue weighted by molar-refractivity contribution is 0.0997. The van der Waals surface area contributed by atoms with E-state index in [1.165, 1.54) is 6.20 Å². The van der Waals surface area contributed by atoms with Crippen molar-refractivity contribution in [3.63, 3.8) is 0 Å². The van der Waals surface area contributed by atoms with E-state index >= 15 is 0 Å². The molecule has 0 unspecified atom stereocenters. The van der Waals surface area contributed by atoms with Crippen LogP contribution in [0, 0.1) is 0 Å². The number of hydrogen-bond acceptors (Lipinski definition) is 7. The standard InChI is InChI=1S/C18H17N5O4S/c1-28(25,26)9-3-5-12-4-2-6-13(10-12)27-18-14(16(19)24)11-20-17(22-18)15-7-8-21-23-15/h2-4,6-11H,5H2,1H3,(H2,19,24)(H,21,23)/b9-3+. The van der Waals surface area contributed by atoms with Gasteiger partial charge < -0.3 is 10.5 Å². The molecule has 3 N–H and O–H groups in total. The largest absolute Gasteiger partial charge is 0.438 e. The van der Waals surface area contributed by atoms with Gasteiger partial charge in [-0.05, 0) is 30.2 Å². The number of H-pyrrole nitrogens is 1. The highest BCUT2D eigenvalue weighted by atomic mass is 32.2. The maximum atomic E-state index is 11.7. The summed E-state index contributed by atoms with van der Waals surface area (Å²) in [6.45, 7) is 0. The van der Waals surface area contributed by atoms with Gasteiger partial charge in [0.05, 0.1) is 0 Å². The van der Waals surface area contributed by atoms with Crippen LogP contribution in [0.2, 0.25) is 0 Å². The van der Waals surface area contributed by atoms with Gasteiger partial charge in [-0.25, -0.2) is 13.4 Å². The lowest BCUT2D eigenvalue weighted by Gasteiger charge is -2.10. The second kappa shape index (κ2) is 8.01. The van der Waals surface area contributed by atoms with Gasteiger partial charge in [-0.2, -0.15) is 10.1 Å². The summed E-state index contributed by atoms with van der Waals surface area (Å²) in [7, 11) is -3.18. The molecular weight excluding hydrogens is 382 g/mol. The van der Waals surface area contributed by atoms with Crippen molar-refractivity contribution in [2.45, 2.75) is 6.42 Å². The molecule has 0 atom stereocenters. The number of aromatic nitrogens is 4. The smallest absolute Gasteiger partial charge is 0.255 e. The highest BCUT2D eigenvalue weighted by Crippen LogP contribution is 2.26. The number of ether oxygens (including phenoxy) is 1. The predicted octanol–water partition coefficient (Wildman–Crippen LogP) is 1.86. The number of allylic oxidation sites excluding steroid dienone is 1. The molecule has 0 saturated carbocycles. The molecule has 2 aromatic heterocycles. The van der Waals surface area contributed by atoms with Gasteiger partial charge in [-0.3, -0.25) is 9.89 Å². The van der Waals surface area contributed by atoms with E-state index < -0.39 is 15.7 Å². The molecular formula is C18H17N5O4S. The van der Waals surface area contributed by atoms with E-state index in [0.29, 0.717) is 23.7 Å². The molecule has 0 saturated heterocycles. The molecule has 0 fully saturated rings. The van der Waals surface area contributed by atoms with Gasteiger partial charge in [0.15, 0.2) is 15.7 Å². The summed E-state index contributed by atoms with van der Waals surface area (Å²) in [6, 6.07) is 8.66. The van der Waals surface area contributed by atoms with Crippen molar-refractivity contribution in [1.82, 2.24) is 20.2 Å². The molecule has 1 aromatic carbocycles. The number of sulfone groups is 1. The molecule has 3 rings (SSSR count). The van der Waals surface area contributed by atoms with E-state index in [4.69, 9.17) is 10.5 Å². The van der Waals surface area contributed by atoms with Gasteiger partial charge in [0, 0.05) is 24.1 Å². The van der Waals surface area contributed by atoms with E-state index in [2.05, 4.69) is 20.2 Å². The van der Waals surface area contributed by atoms with Crippen molar-refractivity contribution >= 4 is 15.7 Å². The third-order valence-corrected chi connectivity index (χ3v) is 4.26. The minimum absolute atomic E-state index is 0.0101. The van der Waals surface area contributed by atoms with Crippen LogP contribution < -0.4 is 10.5 Å². The normalized spacial score (nSPS) is 11.6. The van der Waals surface area contributed by atoms with Crippen LogP contribution in [0.25, 0.3) is 11.5 Å². The zero-order valence-corrected chi connectivity index (χ0v) is 15.7. The first-order valence-corrected chi connectivity index (χ1v) is 10.1. The number of rotatable bonds is 7. The fraction of sp³-hybridized carbons (Fsp3) is 0.111. The van der Waals surface area contributed by atoms with Crippen LogP contribution in [0.1, 0.15) is 15.9 Å². The quantitative estimate of drug-likeness (QED) is 0.617. The Kier molecular flexibility index (Phi) is 5.50. The van der Waals surface area contributed by atoms with Crippen LogP contribution in [0.5, 0.6) is 11.6 Å². The first-order chi connectivity index (χ1) is 13.3. The topological polar surface area (TPSA) is 141 Å². The minimum atomic E-state index is -3.18. The number of amides is 1. The maximum Gasteiger partial charge on any atom is 0.255 e. The van der Waals surface area contributed by atoms with E-state index in [-0.39, 0.29) is 11.4 Å². The van der Waals surface area contributed by atoms with Crippen LogP contribution in [0.3, 0.4) is 0 Å². The molecule has 0 aliphatic carbocycles. The predicted molar refractivity (Wildman–Crippen MR) is 102 cm³/mol. The molecule has 3 aromatic rings. The second-order valence-electron chi connectivity index (χ2n) is 5.90. The third kappa shape index (κ3) is 5.01. The Morgan fingerprint density at radius 2 is 2.14 bits per heavy atom. The summed E-state index contributed by atoms with van der Waals surface area (Å²) in [5.74, 6) is 0.00101. The Bertz CT molecular complexity index is 1120. The van der Waals surface area contributed by atoms with Crippen molar-refractivity contribution in [3.05, 3.63) is 65.3 Å². The summed E-state index contributed by atoms with van der Waals surface area (Å²) in [5.41, 5.74) is 6.80. The highest BCUT2D eigenvalue weighted by molar-refractivity contribution is 7.93. The zero-order valence-electron chi connectivity index (χ0n) is 14.9. The second-order valence-corrected chi connectivity index (χ2v) is 7.83. The minimum Gasteiger partial charge on any atom is -0.438 e. The average Bonchev–Trinajstić information content (AvgIpc) is 3.15. The van der Waals surface area contributed by atoms with Gasteiger partial charge in [-0.15, -0.1) is 0 Å². The maximum absolute atomic E-state index is 11.7. The third-order valence-electron chi connectivity index (χ3n) is 3.57. The molecule has 1 amide bonds. The van der Waals surface area contributed by atoms with Gasteiger partial charge in [0.25, 0.3) is 5.91 Å². The summed E-state index contributed by atoms with van der Waals surface area (Å²) in [4.78, 5) is 20.0. The molecule has 2 heterocycles. The molecule has 0 spiro atoms. The van der Waals surface area contributed by atoms with E-state index in [1.54, 1.807) is 36.5 Å². The summed E-state index contributed by atoms with van der Waals surface area (Å²) >= 11 is 0. The fourth-order valence-electron chi connectivity index (χ4n) is 2.33. The van der Waals surface area contributed by atoms with Crippen LogP contribution in [0.15, 0.2) is 54.2 Å². The first kappa shape index (κ1) is 19.2. The number of hydrogen-bond donors (Lipinski definition) is 2. The number of carbonyl (C=O) groups is 1. The fourth-order valence-corrected chi connectivity index (χ4v) is 2.78. The van der Waals surface area contributed by atoms with Gasteiger partial charge >= 0.3 is 0 Å². The van der Waals surface area contributed by atoms with E-state index in [1.807, 2.05) is 6.07 Å².